The van der Waals surface area contributed by atoms with Crippen molar-refractivity contribution in [1.82, 2.24) is 5.32 Å². The first-order chi connectivity index (χ1) is 12.4. The molecule has 7 heteroatoms. The van der Waals surface area contributed by atoms with Gasteiger partial charge >= 0.3 is 0 Å². The smallest absolute Gasteiger partial charge is 0.280 e. The van der Waals surface area contributed by atoms with Gasteiger partial charge in [-0.3, -0.25) is 0 Å². The minimum Gasteiger partial charge on any atom is -1.00 e. The summed E-state index contributed by atoms with van der Waals surface area (Å²) in [4.78, 5) is 10.9. The van der Waals surface area contributed by atoms with Crippen LogP contribution in [0, 0.1) is 0 Å². The molecule has 3 aliphatic rings. The number of aryl methyl sites for hydroxylation is 1. The van der Waals surface area contributed by atoms with Gasteiger partial charge in [0.25, 0.3) is 22.8 Å². The van der Waals surface area contributed by atoms with E-state index in [4.69, 9.17) is 0 Å². The largest absolute Gasteiger partial charge is 1.00 e. The molecule has 28 heavy (non-hydrogen) atoms. The van der Waals surface area contributed by atoms with Crippen molar-refractivity contribution < 1.29 is 52.2 Å². The van der Waals surface area contributed by atoms with Gasteiger partial charge in [0.1, 0.15) is 0 Å². The molecule has 0 amide bonds. The third-order valence-corrected chi connectivity index (χ3v) is 6.11. The number of rotatable bonds is 0. The molecule has 1 unspecified atom stereocenters. The maximum atomic E-state index is 3.85. The highest BCUT2D eigenvalue weighted by atomic mass is 35.5. The van der Waals surface area contributed by atoms with Crippen LogP contribution in [0.15, 0.2) is 36.7 Å². The summed E-state index contributed by atoms with van der Waals surface area (Å²) in [5.74, 6) is 0.574. The van der Waals surface area contributed by atoms with E-state index in [-0.39, 0.29) is 37.2 Å². The number of H-pyrrole nitrogens is 3. The van der Waals surface area contributed by atoms with E-state index in [1.54, 1.807) is 5.56 Å². The van der Waals surface area contributed by atoms with Crippen LogP contribution in [0.5, 0.6) is 0 Å². The standard InChI is InChI=1S/C21H18N4.3ClH/c1-3-12-5-6-15-16-11-22-10-14-9-13-4-2-8-24-19(13)21(17(14)16)25-20(15)18(12)23-7-1;;;/h1-4,7-8,14,22H,5-6,9-11H2;3*1H. The highest BCUT2D eigenvalue weighted by molar-refractivity contribution is 5.70. The number of pyridine rings is 3. The molecule has 2 aliphatic carbocycles. The first-order valence-corrected chi connectivity index (χ1v) is 9.21. The second-order valence-electron chi connectivity index (χ2n) is 7.42. The Hall–Kier alpha value is -1.72. The minimum absolute atomic E-state index is 0. The average molecular weight is 436 g/mol. The van der Waals surface area contributed by atoms with Crippen molar-refractivity contribution in [1.29, 1.82) is 0 Å². The van der Waals surface area contributed by atoms with Crippen molar-refractivity contribution in [2.45, 2.75) is 31.7 Å². The molecule has 6 rings (SSSR count). The summed E-state index contributed by atoms with van der Waals surface area (Å²) < 4.78 is 0. The number of fused-ring (bicyclic) bond motifs is 6. The number of aromatic amines is 3. The highest BCUT2D eigenvalue weighted by Gasteiger charge is 2.42. The van der Waals surface area contributed by atoms with Gasteiger partial charge in [0, 0.05) is 53.4 Å². The Labute approximate surface area is 182 Å². The van der Waals surface area contributed by atoms with E-state index < -0.39 is 0 Å². The fraction of sp³-hybridized carbons (Fsp3) is 0.286. The Balaban J connectivity index is 0.000000750. The Morgan fingerprint density at radius 2 is 1.50 bits per heavy atom. The fourth-order valence-corrected chi connectivity index (χ4v) is 5.03. The van der Waals surface area contributed by atoms with Crippen molar-refractivity contribution in [3.63, 3.8) is 0 Å². The lowest BCUT2D eigenvalue weighted by molar-refractivity contribution is -0.413. The SMILES string of the molecule is [Cl-].[Cl-].[Cl-].c1c[nH+]c2c(c1)CCc1c-2[nH+]c2c3c1CNCC3Cc1ccc[nH+]c1-2. The van der Waals surface area contributed by atoms with Crippen LogP contribution < -0.4 is 57.5 Å². The van der Waals surface area contributed by atoms with Gasteiger partial charge < -0.3 is 42.5 Å². The molecule has 0 saturated heterocycles. The van der Waals surface area contributed by atoms with E-state index in [0.29, 0.717) is 5.92 Å². The number of hydrogen-bond acceptors (Lipinski definition) is 1. The first-order valence-electron chi connectivity index (χ1n) is 9.21. The van der Waals surface area contributed by atoms with Gasteiger partial charge in [-0.15, -0.1) is 0 Å². The molecule has 4 N–H and O–H groups in total. The van der Waals surface area contributed by atoms with Gasteiger partial charge in [-0.2, -0.15) is 4.98 Å². The van der Waals surface area contributed by atoms with Crippen molar-refractivity contribution >= 4 is 0 Å². The van der Waals surface area contributed by atoms with Crippen LogP contribution in [0.4, 0.5) is 0 Å². The predicted molar refractivity (Wildman–Crippen MR) is 92.5 cm³/mol. The molecule has 0 fully saturated rings. The van der Waals surface area contributed by atoms with Gasteiger partial charge in [-0.1, -0.05) is 0 Å². The average Bonchev–Trinajstić information content (AvgIpc) is 2.68. The summed E-state index contributed by atoms with van der Waals surface area (Å²) in [6, 6.07) is 8.72. The van der Waals surface area contributed by atoms with E-state index in [0.717, 1.165) is 32.4 Å². The summed E-state index contributed by atoms with van der Waals surface area (Å²) >= 11 is 0. The molecule has 146 valence electrons. The quantitative estimate of drug-likeness (QED) is 0.375. The van der Waals surface area contributed by atoms with E-state index in [1.165, 1.54) is 45.0 Å². The lowest BCUT2D eigenvalue weighted by Crippen LogP contribution is -3.00. The van der Waals surface area contributed by atoms with Crippen molar-refractivity contribution in [2.75, 3.05) is 6.54 Å². The van der Waals surface area contributed by atoms with Crippen LogP contribution in [0.3, 0.4) is 0 Å². The Morgan fingerprint density at radius 3 is 2.29 bits per heavy atom. The van der Waals surface area contributed by atoms with E-state index >= 15 is 0 Å². The van der Waals surface area contributed by atoms with Crippen LogP contribution in [0.1, 0.15) is 33.7 Å². The highest BCUT2D eigenvalue weighted by Crippen LogP contribution is 2.42. The second-order valence-corrected chi connectivity index (χ2v) is 7.42. The summed E-state index contributed by atoms with van der Waals surface area (Å²) in [6.07, 6.45) is 7.44. The van der Waals surface area contributed by atoms with Gasteiger partial charge in [0.05, 0.1) is 0 Å². The molecule has 1 aliphatic heterocycles. The lowest BCUT2D eigenvalue weighted by Gasteiger charge is -2.31. The van der Waals surface area contributed by atoms with Crippen molar-refractivity contribution in [3.05, 3.63) is 64.5 Å². The summed E-state index contributed by atoms with van der Waals surface area (Å²) in [6.45, 7) is 2.06. The predicted octanol–water partition coefficient (Wildman–Crippen LogP) is -7.68. The van der Waals surface area contributed by atoms with Crippen LogP contribution in [-0.4, -0.2) is 6.54 Å². The summed E-state index contributed by atoms with van der Waals surface area (Å²) in [5.41, 5.74) is 12.5. The van der Waals surface area contributed by atoms with Gasteiger partial charge in [0.15, 0.2) is 12.4 Å². The third-order valence-electron chi connectivity index (χ3n) is 6.11. The number of aromatic nitrogens is 3. The van der Waals surface area contributed by atoms with Crippen LogP contribution >= 0.6 is 0 Å². The number of halogens is 3. The van der Waals surface area contributed by atoms with Gasteiger partial charge in [-0.25, -0.2) is 9.97 Å². The zero-order chi connectivity index (χ0) is 16.4. The zero-order valence-electron chi connectivity index (χ0n) is 15.2. The maximum Gasteiger partial charge on any atom is 0.280 e. The molecule has 0 radical (unpaired) electrons. The summed E-state index contributed by atoms with van der Waals surface area (Å²) in [5, 5.41) is 3.67. The van der Waals surface area contributed by atoms with Gasteiger partial charge in [0.2, 0.25) is 0 Å². The second kappa shape index (κ2) is 7.96. The lowest BCUT2D eigenvalue weighted by atomic mass is 9.76. The molecular formula is C21H21Cl3N4. The fourth-order valence-electron chi connectivity index (χ4n) is 5.03. The third kappa shape index (κ3) is 2.91. The molecular weight excluding hydrogens is 415 g/mol. The maximum absolute atomic E-state index is 3.85. The topological polar surface area (TPSA) is 54.5 Å². The molecule has 3 aromatic heterocycles. The van der Waals surface area contributed by atoms with E-state index in [9.17, 15) is 0 Å². The Kier molecular flexibility index (Phi) is 5.97. The molecule has 0 spiro atoms. The van der Waals surface area contributed by atoms with Crippen molar-refractivity contribution in [3.8, 4) is 22.8 Å². The minimum atomic E-state index is 0. The van der Waals surface area contributed by atoms with Crippen LogP contribution in [-0.2, 0) is 25.8 Å². The monoisotopic (exact) mass is 434 g/mol. The van der Waals surface area contributed by atoms with E-state index in [2.05, 4.69) is 44.5 Å². The molecule has 1 atom stereocenters. The molecule has 4 nitrogen and oxygen atoms in total. The number of nitrogens with one attached hydrogen (secondary N) is 4. The van der Waals surface area contributed by atoms with Gasteiger partial charge in [-0.05, 0) is 37.0 Å². The summed E-state index contributed by atoms with van der Waals surface area (Å²) in [7, 11) is 0. The zero-order valence-corrected chi connectivity index (χ0v) is 17.5. The van der Waals surface area contributed by atoms with Crippen molar-refractivity contribution in [2.24, 2.45) is 0 Å². The molecule has 0 saturated carbocycles. The molecule has 0 aromatic carbocycles. The molecule has 0 bridgehead atoms. The van der Waals surface area contributed by atoms with E-state index in [1.807, 2.05) is 12.4 Å². The Morgan fingerprint density at radius 1 is 0.786 bits per heavy atom. The first kappa shape index (κ1) is 21.0. The normalized spacial score (nSPS) is 17.4. The Bertz CT molecular complexity index is 1040. The number of hydrogen-bond donors (Lipinski definition) is 1. The molecule has 3 aromatic rings. The van der Waals surface area contributed by atoms with Crippen LogP contribution in [0.25, 0.3) is 22.8 Å². The van der Waals surface area contributed by atoms with Crippen LogP contribution in [0.2, 0.25) is 0 Å². The molecule has 4 heterocycles.